The summed E-state index contributed by atoms with van der Waals surface area (Å²) in [7, 11) is 2.32. The first-order chi connectivity index (χ1) is 22.1. The molecule has 1 heterocycles. The molecule has 3 unspecified atom stereocenters. The Bertz CT molecular complexity index is 1440. The number of ether oxygens (including phenoxy) is 6. The molecule has 0 N–H and O–H groups in total. The molecule has 247 valence electrons. The van der Waals surface area contributed by atoms with Crippen LogP contribution in [0.5, 0.6) is 23.0 Å². The van der Waals surface area contributed by atoms with Crippen LogP contribution in [0, 0.1) is 17.3 Å². The van der Waals surface area contributed by atoms with Gasteiger partial charge in [0.05, 0.1) is 18.6 Å². The van der Waals surface area contributed by atoms with Crippen LogP contribution in [0.1, 0.15) is 69.8 Å². The second kappa shape index (κ2) is 16.4. The van der Waals surface area contributed by atoms with Gasteiger partial charge in [0.15, 0.2) is 13.6 Å². The molecule has 0 saturated carbocycles. The maximum Gasteiger partial charge on any atom is 0.209 e. The van der Waals surface area contributed by atoms with E-state index in [2.05, 4.69) is 77.3 Å². The maximum atomic E-state index is 6.50. The molecule has 0 amide bonds. The van der Waals surface area contributed by atoms with Crippen molar-refractivity contribution in [2.24, 2.45) is 5.41 Å². The first-order valence-corrected chi connectivity index (χ1v) is 18.0. The van der Waals surface area contributed by atoms with E-state index in [0.717, 1.165) is 40.8 Å². The fourth-order valence-electron chi connectivity index (χ4n) is 5.76. The lowest BCUT2D eigenvalue weighted by atomic mass is 9.68. The van der Waals surface area contributed by atoms with Crippen molar-refractivity contribution in [3.63, 3.8) is 0 Å². The van der Waals surface area contributed by atoms with Crippen molar-refractivity contribution in [3.05, 3.63) is 83.4 Å². The Morgan fingerprint density at radius 1 is 0.891 bits per heavy atom. The molecule has 0 saturated heterocycles. The van der Waals surface area contributed by atoms with E-state index < -0.39 is 14.5 Å². The predicted octanol–water partition coefficient (Wildman–Crippen LogP) is 8.30. The number of fused-ring (bicyclic) bond motifs is 1. The third-order valence-corrected chi connectivity index (χ3v) is 10.2. The van der Waals surface area contributed by atoms with Gasteiger partial charge in [0.25, 0.3) is 0 Å². The minimum atomic E-state index is -0.888. The second-order valence-electron chi connectivity index (χ2n) is 13.1. The largest absolute Gasteiger partial charge is 0.492 e. The fraction of sp³-hybridized carbons (Fsp3) is 0.474. The van der Waals surface area contributed by atoms with Crippen LogP contribution in [0.3, 0.4) is 0 Å². The highest BCUT2D eigenvalue weighted by Crippen LogP contribution is 2.47. The number of benzene rings is 3. The van der Waals surface area contributed by atoms with Crippen LogP contribution in [0.15, 0.2) is 66.7 Å². The highest BCUT2D eigenvalue weighted by Gasteiger charge is 2.42. The van der Waals surface area contributed by atoms with Crippen molar-refractivity contribution in [2.45, 2.75) is 71.1 Å². The summed E-state index contributed by atoms with van der Waals surface area (Å²) in [6.07, 6.45) is 1.04. The van der Waals surface area contributed by atoms with Crippen molar-refractivity contribution in [2.75, 3.05) is 41.0 Å². The Hall–Kier alpha value is -3.48. The lowest BCUT2D eigenvalue weighted by Gasteiger charge is -2.40. The lowest BCUT2D eigenvalue weighted by molar-refractivity contribution is 0.0505. The van der Waals surface area contributed by atoms with Crippen LogP contribution >= 0.6 is 0 Å². The first kappa shape index (κ1) is 35.4. The smallest absolute Gasteiger partial charge is 0.209 e. The quantitative estimate of drug-likeness (QED) is 0.0993. The Morgan fingerprint density at radius 3 is 2.13 bits per heavy atom. The predicted molar refractivity (Wildman–Crippen MR) is 183 cm³/mol. The zero-order valence-electron chi connectivity index (χ0n) is 28.6. The Morgan fingerprint density at radius 2 is 1.50 bits per heavy atom. The number of hydrogen-bond acceptors (Lipinski definition) is 7. The zero-order valence-corrected chi connectivity index (χ0v) is 29.6. The average Bonchev–Trinajstić information content (AvgIpc) is 3.04. The molecule has 1 radical (unpaired) electrons. The van der Waals surface area contributed by atoms with E-state index in [1.165, 1.54) is 5.56 Å². The molecule has 0 spiro atoms. The van der Waals surface area contributed by atoms with E-state index in [1.807, 2.05) is 42.5 Å². The molecular formula is C38H49O7Si. The molecular weight excluding hydrogens is 596 g/mol. The van der Waals surface area contributed by atoms with Crippen LogP contribution in [0.2, 0.25) is 12.6 Å². The monoisotopic (exact) mass is 645 g/mol. The van der Waals surface area contributed by atoms with Gasteiger partial charge in [-0.3, -0.25) is 0 Å². The van der Waals surface area contributed by atoms with E-state index in [9.17, 15) is 0 Å². The molecule has 1 aliphatic rings. The van der Waals surface area contributed by atoms with Gasteiger partial charge in [0.1, 0.15) is 29.6 Å². The minimum Gasteiger partial charge on any atom is -0.492 e. The first-order valence-electron chi connectivity index (χ1n) is 15.9. The SMILES string of the molecule is CCC(O[Si](C)CC(C)(C)C)c1ccc(OCC#CC2c3ccc(OCOC)cc3OCC2(C)c2ccc(OCOC)cc2)cc1. The molecule has 0 fully saturated rings. The summed E-state index contributed by atoms with van der Waals surface area (Å²) < 4.78 is 40.3. The summed E-state index contributed by atoms with van der Waals surface area (Å²) >= 11 is 0. The van der Waals surface area contributed by atoms with Crippen molar-refractivity contribution in [1.29, 1.82) is 0 Å². The Labute approximate surface area is 277 Å². The van der Waals surface area contributed by atoms with Crippen LogP contribution in [0.4, 0.5) is 0 Å². The highest BCUT2D eigenvalue weighted by molar-refractivity contribution is 6.50. The minimum absolute atomic E-state index is 0.0994. The fourth-order valence-corrected chi connectivity index (χ4v) is 8.12. The van der Waals surface area contributed by atoms with Gasteiger partial charge in [0.2, 0.25) is 9.04 Å². The average molecular weight is 646 g/mol. The second-order valence-corrected chi connectivity index (χ2v) is 15.1. The van der Waals surface area contributed by atoms with Crippen molar-refractivity contribution in [1.82, 2.24) is 0 Å². The van der Waals surface area contributed by atoms with Crippen LogP contribution in [0.25, 0.3) is 0 Å². The molecule has 3 aromatic rings. The zero-order chi connectivity index (χ0) is 33.2. The summed E-state index contributed by atoms with van der Waals surface area (Å²) in [6.45, 7) is 14.5. The van der Waals surface area contributed by atoms with Gasteiger partial charge in [-0.25, -0.2) is 0 Å². The lowest BCUT2D eigenvalue weighted by Crippen LogP contribution is -2.40. The van der Waals surface area contributed by atoms with Gasteiger partial charge in [-0.15, -0.1) is 0 Å². The maximum absolute atomic E-state index is 6.50. The van der Waals surface area contributed by atoms with Gasteiger partial charge in [-0.2, -0.15) is 0 Å². The molecule has 4 rings (SSSR count). The molecule has 46 heavy (non-hydrogen) atoms. The van der Waals surface area contributed by atoms with Crippen LogP contribution in [-0.4, -0.2) is 50.1 Å². The van der Waals surface area contributed by atoms with E-state index in [4.69, 9.17) is 32.8 Å². The topological polar surface area (TPSA) is 64.6 Å². The molecule has 8 heteroatoms. The number of methoxy groups -OCH3 is 2. The third-order valence-electron chi connectivity index (χ3n) is 7.96. The van der Waals surface area contributed by atoms with E-state index in [0.29, 0.717) is 12.4 Å². The standard InChI is InChI=1S/C38H49O7Si/c1-9-35(45-46(8)25-37(2,3)4)28-12-16-30(17-13-28)41-22-10-11-34-33-21-20-32(44-27-40-7)23-36(33)42-24-38(34,5)29-14-18-31(19-15-29)43-26-39-6/h12-21,23,34-35H,9,22,24-27H2,1-8H3. The van der Waals surface area contributed by atoms with Crippen LogP contribution in [-0.2, 0) is 19.3 Å². The Balaban J connectivity index is 1.50. The molecule has 3 atom stereocenters. The highest BCUT2D eigenvalue weighted by atomic mass is 28.3. The number of hydrogen-bond donors (Lipinski definition) is 0. The Kier molecular flexibility index (Phi) is 12.6. The third kappa shape index (κ3) is 9.52. The van der Waals surface area contributed by atoms with Crippen LogP contribution < -0.4 is 18.9 Å². The van der Waals surface area contributed by atoms with E-state index in [1.54, 1.807) is 14.2 Å². The summed E-state index contributed by atoms with van der Waals surface area (Å²) in [5.41, 5.74) is 3.14. The number of rotatable bonds is 14. The molecule has 7 nitrogen and oxygen atoms in total. The van der Waals surface area contributed by atoms with Gasteiger partial charge in [0, 0.05) is 31.3 Å². The molecule has 1 aliphatic heterocycles. The summed E-state index contributed by atoms with van der Waals surface area (Å²) in [6, 6.07) is 23.3. The van der Waals surface area contributed by atoms with E-state index in [-0.39, 0.29) is 37.6 Å². The van der Waals surface area contributed by atoms with Gasteiger partial charge in [-0.1, -0.05) is 76.8 Å². The van der Waals surface area contributed by atoms with Gasteiger partial charge in [-0.05, 0) is 65.9 Å². The van der Waals surface area contributed by atoms with Crippen molar-refractivity contribution in [3.8, 4) is 34.8 Å². The molecule has 3 aromatic carbocycles. The van der Waals surface area contributed by atoms with Crippen molar-refractivity contribution < 1.29 is 32.8 Å². The van der Waals surface area contributed by atoms with Gasteiger partial charge < -0.3 is 32.8 Å². The molecule has 0 aliphatic carbocycles. The van der Waals surface area contributed by atoms with Crippen molar-refractivity contribution >= 4 is 9.04 Å². The molecule has 0 aromatic heterocycles. The summed E-state index contributed by atoms with van der Waals surface area (Å²) in [5.74, 6) is 9.67. The van der Waals surface area contributed by atoms with Gasteiger partial charge >= 0.3 is 0 Å². The summed E-state index contributed by atoms with van der Waals surface area (Å²) in [4.78, 5) is 0. The van der Waals surface area contributed by atoms with E-state index >= 15 is 0 Å². The molecule has 0 bridgehead atoms. The normalized spacial score (nSPS) is 18.2. The summed E-state index contributed by atoms with van der Waals surface area (Å²) in [5, 5.41) is 0.